The zero-order valence-electron chi connectivity index (χ0n) is 19.9. The Balaban J connectivity index is 3.65. The SMILES string of the molecule is CCCCCCCCCCCCC(CC)O[Si](C)(C)CCCCCCCC. The van der Waals surface area contributed by atoms with Gasteiger partial charge in [-0.2, -0.15) is 0 Å². The van der Waals surface area contributed by atoms with Gasteiger partial charge in [-0.3, -0.25) is 0 Å². The summed E-state index contributed by atoms with van der Waals surface area (Å²) in [7, 11) is -1.45. The minimum absolute atomic E-state index is 0.529. The van der Waals surface area contributed by atoms with Crippen LogP contribution in [0.25, 0.3) is 0 Å². The van der Waals surface area contributed by atoms with Crippen LogP contribution in [-0.4, -0.2) is 14.4 Å². The molecule has 0 N–H and O–H groups in total. The van der Waals surface area contributed by atoms with Crippen LogP contribution in [0.4, 0.5) is 0 Å². The lowest BCUT2D eigenvalue weighted by molar-refractivity contribution is 0.172. The highest BCUT2D eigenvalue weighted by Crippen LogP contribution is 2.22. The summed E-state index contributed by atoms with van der Waals surface area (Å²) in [6, 6.07) is 1.35. The van der Waals surface area contributed by atoms with Gasteiger partial charge >= 0.3 is 0 Å². The summed E-state index contributed by atoms with van der Waals surface area (Å²) in [5.74, 6) is 0. The minimum atomic E-state index is -1.45. The highest BCUT2D eigenvalue weighted by atomic mass is 28.4. The van der Waals surface area contributed by atoms with Crippen LogP contribution in [0.15, 0.2) is 0 Å². The van der Waals surface area contributed by atoms with Crippen molar-refractivity contribution in [1.82, 2.24) is 0 Å². The highest BCUT2D eigenvalue weighted by Gasteiger charge is 2.25. The lowest BCUT2D eigenvalue weighted by Gasteiger charge is -2.29. The van der Waals surface area contributed by atoms with Gasteiger partial charge in [-0.15, -0.1) is 0 Å². The molecule has 27 heavy (non-hydrogen) atoms. The van der Waals surface area contributed by atoms with Crippen LogP contribution in [0.3, 0.4) is 0 Å². The van der Waals surface area contributed by atoms with Crippen LogP contribution in [-0.2, 0) is 4.43 Å². The normalized spacial score (nSPS) is 13.2. The third kappa shape index (κ3) is 19.3. The first-order valence-corrected chi connectivity index (χ1v) is 15.8. The van der Waals surface area contributed by atoms with Crippen LogP contribution in [0.2, 0.25) is 19.1 Å². The molecule has 0 heterocycles. The Morgan fingerprint density at radius 1 is 0.556 bits per heavy atom. The van der Waals surface area contributed by atoms with Gasteiger partial charge in [0.2, 0.25) is 0 Å². The summed E-state index contributed by atoms with van der Waals surface area (Å²) in [4.78, 5) is 0. The maximum absolute atomic E-state index is 6.64. The van der Waals surface area contributed by atoms with Gasteiger partial charge in [-0.25, -0.2) is 0 Å². The maximum atomic E-state index is 6.64. The largest absolute Gasteiger partial charge is 0.414 e. The average molecular weight is 399 g/mol. The molecule has 0 aromatic rings. The Morgan fingerprint density at radius 2 is 0.963 bits per heavy atom. The molecule has 1 unspecified atom stereocenters. The van der Waals surface area contributed by atoms with Gasteiger partial charge in [0.05, 0.1) is 0 Å². The second kappa shape index (κ2) is 19.5. The molecule has 0 rings (SSSR count). The first-order valence-electron chi connectivity index (χ1n) is 12.7. The Labute approximate surface area is 174 Å². The first-order chi connectivity index (χ1) is 13.1. The fraction of sp³-hybridized carbons (Fsp3) is 1.00. The van der Waals surface area contributed by atoms with E-state index in [1.807, 2.05) is 0 Å². The zero-order chi connectivity index (χ0) is 20.2. The molecule has 0 aliphatic rings. The molecule has 0 radical (unpaired) electrons. The van der Waals surface area contributed by atoms with E-state index < -0.39 is 8.32 Å². The molecule has 0 fully saturated rings. The second-order valence-electron chi connectivity index (χ2n) is 9.40. The Morgan fingerprint density at radius 3 is 1.41 bits per heavy atom. The fourth-order valence-corrected chi connectivity index (χ4v) is 6.45. The van der Waals surface area contributed by atoms with Crippen LogP contribution in [0.1, 0.15) is 136 Å². The van der Waals surface area contributed by atoms with Gasteiger partial charge in [0.1, 0.15) is 0 Å². The van der Waals surface area contributed by atoms with Gasteiger partial charge in [0, 0.05) is 6.10 Å². The van der Waals surface area contributed by atoms with Gasteiger partial charge in [-0.1, -0.05) is 124 Å². The third-order valence-electron chi connectivity index (χ3n) is 5.95. The van der Waals surface area contributed by atoms with Crippen molar-refractivity contribution in [2.45, 2.75) is 162 Å². The summed E-state index contributed by atoms with van der Waals surface area (Å²) < 4.78 is 6.64. The molecular formula is C25H54OSi. The topological polar surface area (TPSA) is 9.23 Å². The fourth-order valence-electron chi connectivity index (χ4n) is 4.05. The van der Waals surface area contributed by atoms with Gasteiger partial charge in [0.25, 0.3) is 0 Å². The van der Waals surface area contributed by atoms with Crippen molar-refractivity contribution < 1.29 is 4.43 Å². The molecule has 0 saturated carbocycles. The molecule has 0 aliphatic heterocycles. The van der Waals surface area contributed by atoms with Crippen LogP contribution < -0.4 is 0 Å². The first kappa shape index (κ1) is 27.2. The Kier molecular flexibility index (Phi) is 19.6. The number of hydrogen-bond donors (Lipinski definition) is 0. The van der Waals surface area contributed by atoms with Crippen molar-refractivity contribution in [3.63, 3.8) is 0 Å². The molecular weight excluding hydrogens is 344 g/mol. The molecule has 164 valence electrons. The quantitative estimate of drug-likeness (QED) is 0.138. The highest BCUT2D eigenvalue weighted by molar-refractivity contribution is 6.71. The van der Waals surface area contributed by atoms with Crippen LogP contribution in [0, 0.1) is 0 Å². The van der Waals surface area contributed by atoms with Crippen LogP contribution >= 0.6 is 0 Å². The van der Waals surface area contributed by atoms with E-state index in [1.165, 1.54) is 122 Å². The van der Waals surface area contributed by atoms with Gasteiger partial charge < -0.3 is 4.43 Å². The third-order valence-corrected chi connectivity index (χ3v) is 8.48. The monoisotopic (exact) mass is 398 g/mol. The van der Waals surface area contributed by atoms with E-state index in [0.717, 1.165) is 0 Å². The van der Waals surface area contributed by atoms with Crippen molar-refractivity contribution >= 4 is 8.32 Å². The predicted molar refractivity (Wildman–Crippen MR) is 127 cm³/mol. The zero-order valence-corrected chi connectivity index (χ0v) is 20.9. The lowest BCUT2D eigenvalue weighted by Crippen LogP contribution is -2.35. The molecule has 1 nitrogen and oxygen atoms in total. The molecule has 0 aromatic heterocycles. The summed E-state index contributed by atoms with van der Waals surface area (Å²) in [6.45, 7) is 11.8. The maximum Gasteiger partial charge on any atom is 0.187 e. The van der Waals surface area contributed by atoms with Gasteiger partial charge in [-0.05, 0) is 32.0 Å². The van der Waals surface area contributed by atoms with E-state index in [-0.39, 0.29) is 0 Å². The second-order valence-corrected chi connectivity index (χ2v) is 13.7. The molecule has 0 bridgehead atoms. The smallest absolute Gasteiger partial charge is 0.187 e. The molecule has 0 saturated heterocycles. The molecule has 1 atom stereocenters. The number of hydrogen-bond acceptors (Lipinski definition) is 1. The average Bonchev–Trinajstić information content (AvgIpc) is 2.65. The van der Waals surface area contributed by atoms with Gasteiger partial charge in [0.15, 0.2) is 8.32 Å². The van der Waals surface area contributed by atoms with Crippen molar-refractivity contribution in [1.29, 1.82) is 0 Å². The molecule has 0 aromatic carbocycles. The molecule has 2 heteroatoms. The van der Waals surface area contributed by atoms with Crippen molar-refractivity contribution in [3.05, 3.63) is 0 Å². The summed E-state index contributed by atoms with van der Waals surface area (Å²) >= 11 is 0. The van der Waals surface area contributed by atoms with E-state index in [9.17, 15) is 0 Å². The van der Waals surface area contributed by atoms with Crippen LogP contribution in [0.5, 0.6) is 0 Å². The standard InChI is InChI=1S/C25H54OSi/c1-6-9-11-13-15-16-17-18-19-21-23-25(8-3)26-27(4,5)24-22-20-14-12-10-7-2/h25H,6-24H2,1-5H3. The summed E-state index contributed by atoms with van der Waals surface area (Å²) in [6.07, 6.45) is 25.7. The summed E-state index contributed by atoms with van der Waals surface area (Å²) in [5, 5.41) is 0. The molecule has 0 amide bonds. The van der Waals surface area contributed by atoms with Crippen molar-refractivity contribution in [2.24, 2.45) is 0 Å². The minimum Gasteiger partial charge on any atom is -0.414 e. The summed E-state index contributed by atoms with van der Waals surface area (Å²) in [5.41, 5.74) is 0. The van der Waals surface area contributed by atoms with Crippen molar-refractivity contribution in [2.75, 3.05) is 0 Å². The van der Waals surface area contributed by atoms with E-state index in [0.29, 0.717) is 6.10 Å². The lowest BCUT2D eigenvalue weighted by atomic mass is 10.0. The van der Waals surface area contributed by atoms with E-state index in [1.54, 1.807) is 0 Å². The van der Waals surface area contributed by atoms with E-state index in [4.69, 9.17) is 4.43 Å². The number of rotatable bonds is 21. The Hall–Kier alpha value is 0.177. The number of unbranched alkanes of at least 4 members (excludes halogenated alkanes) is 14. The molecule has 0 spiro atoms. The Bertz CT molecular complexity index is 290. The van der Waals surface area contributed by atoms with E-state index >= 15 is 0 Å². The van der Waals surface area contributed by atoms with E-state index in [2.05, 4.69) is 33.9 Å². The van der Waals surface area contributed by atoms with Crippen molar-refractivity contribution in [3.8, 4) is 0 Å². The molecule has 0 aliphatic carbocycles. The predicted octanol–water partition coefficient (Wildman–Crippen LogP) is 9.66.